The second kappa shape index (κ2) is 3.91. The number of phenolic OH excluding ortho intramolecular Hbond substituents is 1. The van der Waals surface area contributed by atoms with Crippen LogP contribution in [0.4, 0.5) is 0 Å². The Labute approximate surface area is 79.2 Å². The van der Waals surface area contributed by atoms with E-state index in [1.54, 1.807) is 0 Å². The van der Waals surface area contributed by atoms with Gasteiger partial charge in [0.15, 0.2) is 0 Å². The van der Waals surface area contributed by atoms with Gasteiger partial charge in [0.1, 0.15) is 5.75 Å². The minimum atomic E-state index is -0.611. The van der Waals surface area contributed by atoms with Crippen LogP contribution < -0.4 is 0 Å². The van der Waals surface area contributed by atoms with Crippen LogP contribution in [0.15, 0.2) is 24.4 Å². The van der Waals surface area contributed by atoms with Crippen molar-refractivity contribution < 1.29 is 10.0 Å². The third kappa shape index (κ3) is 2.76. The summed E-state index contributed by atoms with van der Waals surface area (Å²) in [6, 6.07) is 4.32. The summed E-state index contributed by atoms with van der Waals surface area (Å²) in [7, 11) is 0. The number of hydrogen-bond acceptors (Lipinski definition) is 3. The Hall–Kier alpha value is -1.55. The van der Waals surface area contributed by atoms with Crippen LogP contribution in [0, 0.1) is 10.1 Å². The molecule has 0 fully saturated rings. The highest BCUT2D eigenvalue weighted by atomic mass is 35.5. The first kappa shape index (κ1) is 9.54. The molecule has 4 nitrogen and oxygen atoms in total. The van der Waals surface area contributed by atoms with E-state index in [4.69, 9.17) is 11.6 Å². The average molecular weight is 200 g/mol. The molecule has 1 N–H and O–H groups in total. The summed E-state index contributed by atoms with van der Waals surface area (Å²) in [5.41, 5.74) is 0.323. The van der Waals surface area contributed by atoms with Crippen LogP contribution in [0.2, 0.25) is 5.02 Å². The molecular formula is C8H6ClNO3. The predicted molar refractivity (Wildman–Crippen MR) is 49.1 cm³/mol. The number of benzene rings is 1. The maximum absolute atomic E-state index is 9.97. The Morgan fingerprint density at radius 2 is 2.23 bits per heavy atom. The van der Waals surface area contributed by atoms with Gasteiger partial charge in [-0.3, -0.25) is 10.1 Å². The number of phenols is 1. The van der Waals surface area contributed by atoms with Gasteiger partial charge in [-0.2, -0.15) is 0 Å². The van der Waals surface area contributed by atoms with Crippen molar-refractivity contribution in [1.82, 2.24) is 0 Å². The van der Waals surface area contributed by atoms with Gasteiger partial charge in [0, 0.05) is 16.7 Å². The lowest BCUT2D eigenvalue weighted by atomic mass is 10.2. The summed E-state index contributed by atoms with van der Waals surface area (Å²) >= 11 is 5.62. The highest BCUT2D eigenvalue weighted by molar-refractivity contribution is 6.30. The van der Waals surface area contributed by atoms with Crippen molar-refractivity contribution in [3.05, 3.63) is 45.1 Å². The normalized spacial score (nSPS) is 10.5. The van der Waals surface area contributed by atoms with Crippen molar-refractivity contribution in [2.75, 3.05) is 0 Å². The van der Waals surface area contributed by atoms with Gasteiger partial charge < -0.3 is 5.11 Å². The molecule has 0 saturated heterocycles. The van der Waals surface area contributed by atoms with Gasteiger partial charge in [-0.05, 0) is 18.2 Å². The van der Waals surface area contributed by atoms with E-state index in [2.05, 4.69) is 0 Å². The molecule has 1 rings (SSSR count). The third-order valence-corrected chi connectivity index (χ3v) is 1.60. The largest absolute Gasteiger partial charge is 0.507 e. The smallest absolute Gasteiger partial charge is 0.235 e. The first-order valence-corrected chi connectivity index (χ1v) is 3.77. The quantitative estimate of drug-likeness (QED) is 0.587. The second-order valence-corrected chi connectivity index (χ2v) is 2.74. The first-order valence-electron chi connectivity index (χ1n) is 3.40. The molecule has 0 aliphatic carbocycles. The minimum Gasteiger partial charge on any atom is -0.507 e. The van der Waals surface area contributed by atoms with Crippen LogP contribution in [-0.2, 0) is 0 Å². The molecule has 0 aromatic heterocycles. The van der Waals surface area contributed by atoms with Crippen molar-refractivity contribution in [3.63, 3.8) is 0 Å². The van der Waals surface area contributed by atoms with E-state index < -0.39 is 4.92 Å². The Balaban J connectivity index is 3.00. The lowest BCUT2D eigenvalue weighted by molar-refractivity contribution is -0.400. The van der Waals surface area contributed by atoms with Crippen LogP contribution >= 0.6 is 11.6 Å². The van der Waals surface area contributed by atoms with Gasteiger partial charge in [-0.15, -0.1) is 0 Å². The van der Waals surface area contributed by atoms with Crippen LogP contribution in [-0.4, -0.2) is 10.0 Å². The molecule has 0 aliphatic rings. The van der Waals surface area contributed by atoms with Gasteiger partial charge >= 0.3 is 0 Å². The highest BCUT2D eigenvalue weighted by Crippen LogP contribution is 2.22. The zero-order chi connectivity index (χ0) is 9.84. The number of nitrogens with zero attached hydrogens (tertiary/aromatic N) is 1. The number of aromatic hydroxyl groups is 1. The second-order valence-electron chi connectivity index (χ2n) is 2.30. The summed E-state index contributed by atoms with van der Waals surface area (Å²) < 4.78 is 0. The lowest BCUT2D eigenvalue weighted by Gasteiger charge is -1.97. The first-order chi connectivity index (χ1) is 6.09. The fourth-order valence-corrected chi connectivity index (χ4v) is 0.981. The molecule has 0 radical (unpaired) electrons. The Morgan fingerprint density at radius 3 is 2.85 bits per heavy atom. The molecule has 1 aromatic rings. The minimum absolute atomic E-state index is 0.0394. The Morgan fingerprint density at radius 1 is 1.54 bits per heavy atom. The molecule has 0 unspecified atom stereocenters. The molecule has 0 spiro atoms. The summed E-state index contributed by atoms with van der Waals surface area (Å²) in [5, 5.41) is 19.6. The van der Waals surface area contributed by atoms with E-state index in [1.807, 2.05) is 0 Å². The van der Waals surface area contributed by atoms with Gasteiger partial charge in [0.25, 0.3) is 0 Å². The van der Waals surface area contributed by atoms with E-state index in [9.17, 15) is 15.2 Å². The summed E-state index contributed by atoms with van der Waals surface area (Å²) in [6.07, 6.45) is 1.92. The molecule has 0 amide bonds. The summed E-state index contributed by atoms with van der Waals surface area (Å²) in [4.78, 5) is 9.36. The van der Waals surface area contributed by atoms with Crippen LogP contribution in [0.3, 0.4) is 0 Å². The van der Waals surface area contributed by atoms with E-state index in [0.29, 0.717) is 10.6 Å². The molecule has 68 valence electrons. The zero-order valence-electron chi connectivity index (χ0n) is 6.48. The molecule has 0 saturated carbocycles. The van der Waals surface area contributed by atoms with E-state index in [1.165, 1.54) is 24.3 Å². The van der Waals surface area contributed by atoms with Gasteiger partial charge in [0.2, 0.25) is 6.20 Å². The van der Waals surface area contributed by atoms with E-state index >= 15 is 0 Å². The van der Waals surface area contributed by atoms with Gasteiger partial charge in [-0.1, -0.05) is 11.6 Å². The molecular weight excluding hydrogens is 194 g/mol. The Bertz CT molecular complexity index is 362. The number of rotatable bonds is 2. The fraction of sp³-hybridized carbons (Fsp3) is 0. The predicted octanol–water partition coefficient (Wildman–Crippen LogP) is 2.29. The monoisotopic (exact) mass is 199 g/mol. The van der Waals surface area contributed by atoms with Crippen LogP contribution in [0.5, 0.6) is 5.75 Å². The maximum atomic E-state index is 9.97. The molecule has 0 heterocycles. The van der Waals surface area contributed by atoms with Crippen molar-refractivity contribution in [1.29, 1.82) is 0 Å². The zero-order valence-corrected chi connectivity index (χ0v) is 7.23. The number of nitro groups is 1. The van der Waals surface area contributed by atoms with Crippen molar-refractivity contribution in [2.24, 2.45) is 0 Å². The third-order valence-electron chi connectivity index (χ3n) is 1.37. The van der Waals surface area contributed by atoms with Gasteiger partial charge in [0.05, 0.1) is 4.92 Å². The molecule has 0 aliphatic heterocycles. The lowest BCUT2D eigenvalue weighted by Crippen LogP contribution is -1.82. The maximum Gasteiger partial charge on any atom is 0.235 e. The number of hydrogen-bond donors (Lipinski definition) is 1. The molecule has 0 atom stereocenters. The van der Waals surface area contributed by atoms with Gasteiger partial charge in [-0.25, -0.2) is 0 Å². The molecule has 5 heteroatoms. The average Bonchev–Trinajstić information content (AvgIpc) is 2.06. The van der Waals surface area contributed by atoms with E-state index in [0.717, 1.165) is 6.20 Å². The van der Waals surface area contributed by atoms with Crippen LogP contribution in [0.1, 0.15) is 5.56 Å². The highest BCUT2D eigenvalue weighted by Gasteiger charge is 1.99. The fourth-order valence-electron chi connectivity index (χ4n) is 0.800. The summed E-state index contributed by atoms with van der Waals surface area (Å²) in [6.45, 7) is 0. The molecule has 1 aromatic carbocycles. The molecule has 13 heavy (non-hydrogen) atoms. The van der Waals surface area contributed by atoms with Crippen molar-refractivity contribution in [2.45, 2.75) is 0 Å². The van der Waals surface area contributed by atoms with Crippen molar-refractivity contribution >= 4 is 17.7 Å². The SMILES string of the molecule is O=[N+]([O-])/C=C/c1cc(Cl)ccc1O. The van der Waals surface area contributed by atoms with Crippen molar-refractivity contribution in [3.8, 4) is 5.75 Å². The summed E-state index contributed by atoms with van der Waals surface area (Å²) in [5.74, 6) is -0.0394. The molecule has 0 bridgehead atoms. The number of halogens is 1. The topological polar surface area (TPSA) is 63.4 Å². The van der Waals surface area contributed by atoms with E-state index in [-0.39, 0.29) is 5.75 Å². The Kier molecular flexibility index (Phi) is 2.87. The van der Waals surface area contributed by atoms with Crippen LogP contribution in [0.25, 0.3) is 6.08 Å². The standard InChI is InChI=1S/C8H6ClNO3/c9-7-1-2-8(11)6(5-7)3-4-10(12)13/h1-5,11H/b4-3+.